The maximum atomic E-state index is 11.0. The molecule has 0 bridgehead atoms. The first-order valence-corrected chi connectivity index (χ1v) is 5.56. The molecule has 0 N–H and O–H groups in total. The van der Waals surface area contributed by atoms with Gasteiger partial charge in [0.1, 0.15) is 0 Å². The predicted molar refractivity (Wildman–Crippen MR) is 53.2 cm³/mol. The molecule has 0 fully saturated rings. The lowest BCUT2D eigenvalue weighted by Crippen LogP contribution is -1.98. The molecular weight excluding hydrogens is 226 g/mol. The van der Waals surface area contributed by atoms with Crippen LogP contribution in [0.15, 0.2) is 28.8 Å². The SMILES string of the molecule is [N-]=[N+]=NS(=O)(=O)Cc1ccc(Cl)cc1. The number of benzene rings is 1. The Morgan fingerprint density at radius 3 is 2.43 bits per heavy atom. The van der Waals surface area contributed by atoms with Crippen molar-refractivity contribution >= 4 is 21.6 Å². The molecule has 0 spiro atoms. The lowest BCUT2D eigenvalue weighted by atomic mass is 10.2. The molecule has 7 heteroatoms. The first-order valence-electron chi connectivity index (χ1n) is 3.57. The van der Waals surface area contributed by atoms with E-state index in [1.54, 1.807) is 24.3 Å². The molecule has 0 aromatic heterocycles. The van der Waals surface area contributed by atoms with Gasteiger partial charge in [-0.15, -0.1) is 0 Å². The van der Waals surface area contributed by atoms with Crippen LogP contribution in [0.25, 0.3) is 10.4 Å². The van der Waals surface area contributed by atoms with E-state index in [0.29, 0.717) is 10.6 Å². The molecule has 0 amide bonds. The Morgan fingerprint density at radius 1 is 1.36 bits per heavy atom. The number of rotatable bonds is 3. The van der Waals surface area contributed by atoms with Crippen molar-refractivity contribution in [2.24, 2.45) is 4.52 Å². The summed E-state index contributed by atoms with van der Waals surface area (Å²) in [7, 11) is -3.73. The molecule has 0 heterocycles. The summed E-state index contributed by atoms with van der Waals surface area (Å²) in [6.45, 7) is 0. The van der Waals surface area contributed by atoms with Gasteiger partial charge in [-0.1, -0.05) is 23.7 Å². The number of hydrogen-bond acceptors (Lipinski definition) is 2. The van der Waals surface area contributed by atoms with Crippen LogP contribution in [-0.4, -0.2) is 8.42 Å². The van der Waals surface area contributed by atoms with E-state index in [1.165, 1.54) is 0 Å². The van der Waals surface area contributed by atoms with Crippen LogP contribution >= 0.6 is 11.6 Å². The standard InChI is InChI=1S/C7H6ClN3O2S/c8-7-3-1-6(2-4-7)5-14(12,13)11-10-9/h1-4H,5H2. The molecule has 0 unspecified atom stereocenters. The van der Waals surface area contributed by atoms with E-state index in [-0.39, 0.29) is 5.75 Å². The highest BCUT2D eigenvalue weighted by atomic mass is 35.5. The third kappa shape index (κ3) is 3.26. The average molecular weight is 232 g/mol. The van der Waals surface area contributed by atoms with Gasteiger partial charge >= 0.3 is 0 Å². The Hall–Kier alpha value is -1.23. The van der Waals surface area contributed by atoms with Crippen LogP contribution in [-0.2, 0) is 15.8 Å². The highest BCUT2D eigenvalue weighted by Crippen LogP contribution is 2.12. The van der Waals surface area contributed by atoms with Gasteiger partial charge in [-0.25, -0.2) is 8.42 Å². The van der Waals surface area contributed by atoms with Gasteiger partial charge in [-0.2, -0.15) is 0 Å². The fraction of sp³-hybridized carbons (Fsp3) is 0.143. The van der Waals surface area contributed by atoms with Crippen molar-refractivity contribution < 1.29 is 8.42 Å². The van der Waals surface area contributed by atoms with E-state index in [2.05, 4.69) is 9.43 Å². The van der Waals surface area contributed by atoms with Gasteiger partial charge in [0.25, 0.3) is 0 Å². The van der Waals surface area contributed by atoms with E-state index in [0.717, 1.165) is 0 Å². The molecular formula is C7H6ClN3O2S. The zero-order chi connectivity index (χ0) is 10.6. The maximum absolute atomic E-state index is 11.0. The van der Waals surface area contributed by atoms with Crippen molar-refractivity contribution in [1.82, 2.24) is 0 Å². The zero-order valence-electron chi connectivity index (χ0n) is 6.96. The van der Waals surface area contributed by atoms with Gasteiger partial charge in [0.05, 0.1) is 5.75 Å². The van der Waals surface area contributed by atoms with Crippen LogP contribution in [0.1, 0.15) is 5.56 Å². The molecule has 0 radical (unpaired) electrons. The van der Waals surface area contributed by atoms with Crippen LogP contribution in [0, 0.1) is 0 Å². The van der Waals surface area contributed by atoms with Crippen molar-refractivity contribution in [3.8, 4) is 0 Å². The summed E-state index contributed by atoms with van der Waals surface area (Å²) >= 11 is 5.61. The summed E-state index contributed by atoms with van der Waals surface area (Å²) in [4.78, 5) is 2.23. The molecule has 0 aliphatic rings. The zero-order valence-corrected chi connectivity index (χ0v) is 8.53. The Kier molecular flexibility index (Phi) is 3.35. The summed E-state index contributed by atoms with van der Waals surface area (Å²) < 4.78 is 24.8. The van der Waals surface area contributed by atoms with Gasteiger partial charge in [0, 0.05) is 14.5 Å². The fourth-order valence-electron chi connectivity index (χ4n) is 0.876. The van der Waals surface area contributed by atoms with Crippen molar-refractivity contribution in [2.75, 3.05) is 0 Å². The second-order valence-electron chi connectivity index (χ2n) is 2.52. The third-order valence-corrected chi connectivity index (χ3v) is 2.70. The first kappa shape index (κ1) is 10.8. The minimum absolute atomic E-state index is 0.311. The maximum Gasteiger partial charge on any atom is 0.239 e. The van der Waals surface area contributed by atoms with Crippen molar-refractivity contribution in [1.29, 1.82) is 0 Å². The van der Waals surface area contributed by atoms with Crippen LogP contribution < -0.4 is 0 Å². The summed E-state index contributed by atoms with van der Waals surface area (Å²) in [6, 6.07) is 6.27. The Bertz CT molecular complexity index is 462. The number of nitrogens with zero attached hydrogens (tertiary/aromatic N) is 3. The molecule has 74 valence electrons. The van der Waals surface area contributed by atoms with Crippen LogP contribution in [0.5, 0.6) is 0 Å². The molecule has 0 aliphatic carbocycles. The highest BCUT2D eigenvalue weighted by Gasteiger charge is 2.08. The lowest BCUT2D eigenvalue weighted by molar-refractivity contribution is 0.596. The van der Waals surface area contributed by atoms with Gasteiger partial charge in [-0.3, -0.25) is 0 Å². The monoisotopic (exact) mass is 231 g/mol. The smallest absolute Gasteiger partial charge is 0.221 e. The minimum atomic E-state index is -3.73. The fourth-order valence-corrected chi connectivity index (χ4v) is 1.78. The van der Waals surface area contributed by atoms with Gasteiger partial charge < -0.3 is 0 Å². The van der Waals surface area contributed by atoms with Crippen LogP contribution in [0.3, 0.4) is 0 Å². The second-order valence-corrected chi connectivity index (χ2v) is 4.58. The summed E-state index contributed by atoms with van der Waals surface area (Å²) in [5, 5.41) is 0.523. The van der Waals surface area contributed by atoms with Crippen LogP contribution in [0.4, 0.5) is 0 Å². The van der Waals surface area contributed by atoms with Gasteiger partial charge in [0.15, 0.2) is 0 Å². The normalized spacial score (nSPS) is 10.6. The number of hydrogen-bond donors (Lipinski definition) is 0. The quantitative estimate of drug-likeness (QED) is 0.455. The molecule has 14 heavy (non-hydrogen) atoms. The highest BCUT2D eigenvalue weighted by molar-refractivity contribution is 7.89. The summed E-state index contributed by atoms with van der Waals surface area (Å²) in [5.41, 5.74) is 8.51. The predicted octanol–water partition coefficient (Wildman–Crippen LogP) is 2.48. The van der Waals surface area contributed by atoms with Crippen LogP contribution in [0.2, 0.25) is 5.02 Å². The van der Waals surface area contributed by atoms with E-state index < -0.39 is 10.0 Å². The van der Waals surface area contributed by atoms with Gasteiger partial charge in [0.2, 0.25) is 10.0 Å². The Balaban J connectivity index is 2.90. The summed E-state index contributed by atoms with van der Waals surface area (Å²) in [6.07, 6.45) is 0. The van der Waals surface area contributed by atoms with Crippen molar-refractivity contribution in [2.45, 2.75) is 5.75 Å². The van der Waals surface area contributed by atoms with E-state index in [9.17, 15) is 8.42 Å². The molecule has 1 aromatic carbocycles. The first-order chi connectivity index (χ1) is 6.53. The third-order valence-electron chi connectivity index (χ3n) is 1.42. The Morgan fingerprint density at radius 2 is 1.93 bits per heavy atom. The minimum Gasteiger partial charge on any atom is -0.221 e. The number of halogens is 1. The molecule has 1 aromatic rings. The van der Waals surface area contributed by atoms with Gasteiger partial charge in [-0.05, 0) is 23.2 Å². The number of sulfonamides is 1. The largest absolute Gasteiger partial charge is 0.239 e. The van der Waals surface area contributed by atoms with E-state index in [1.807, 2.05) is 0 Å². The Labute approximate surface area is 86.0 Å². The topological polar surface area (TPSA) is 82.9 Å². The number of azide groups is 1. The second kappa shape index (κ2) is 4.32. The van der Waals surface area contributed by atoms with E-state index in [4.69, 9.17) is 17.1 Å². The van der Waals surface area contributed by atoms with Crippen molar-refractivity contribution in [3.63, 3.8) is 0 Å². The molecule has 0 atom stereocenters. The molecule has 0 saturated carbocycles. The molecule has 0 aliphatic heterocycles. The van der Waals surface area contributed by atoms with E-state index >= 15 is 0 Å². The average Bonchev–Trinajstić information content (AvgIpc) is 2.08. The molecule has 0 saturated heterocycles. The lowest BCUT2D eigenvalue weighted by Gasteiger charge is -1.97. The molecule has 1 rings (SSSR count). The molecule has 5 nitrogen and oxygen atoms in total. The van der Waals surface area contributed by atoms with Crippen molar-refractivity contribution in [3.05, 3.63) is 45.3 Å². The summed E-state index contributed by atoms with van der Waals surface area (Å²) in [5.74, 6) is -0.311.